The first kappa shape index (κ1) is 20.7. The fourth-order valence-electron chi connectivity index (χ4n) is 3.37. The lowest BCUT2D eigenvalue weighted by atomic mass is 9.97. The summed E-state index contributed by atoms with van der Waals surface area (Å²) in [5.41, 5.74) is 9.45. The van der Waals surface area contributed by atoms with Gasteiger partial charge in [-0.15, -0.1) is 0 Å². The van der Waals surface area contributed by atoms with Crippen molar-refractivity contribution < 1.29 is 14.6 Å². The molecule has 2 aromatic carbocycles. The van der Waals surface area contributed by atoms with Gasteiger partial charge in [0.05, 0.1) is 22.5 Å². The van der Waals surface area contributed by atoms with Gasteiger partial charge < -0.3 is 15.6 Å². The monoisotopic (exact) mass is 424 g/mol. The summed E-state index contributed by atoms with van der Waals surface area (Å²) in [5, 5.41) is 18.6. The first-order chi connectivity index (χ1) is 15.6. The van der Waals surface area contributed by atoms with Crippen LogP contribution >= 0.6 is 0 Å². The number of allylic oxidation sites excluding steroid dienone is 1. The second-order valence-corrected chi connectivity index (χ2v) is 6.99. The molecule has 158 valence electrons. The Kier molecular flexibility index (Phi) is 5.89. The van der Waals surface area contributed by atoms with Gasteiger partial charge in [-0.05, 0) is 54.1 Å². The van der Waals surface area contributed by atoms with E-state index in [1.165, 1.54) is 12.3 Å². The average molecular weight is 424 g/mol. The Hall–Kier alpha value is -4.52. The van der Waals surface area contributed by atoms with Gasteiger partial charge in [0, 0.05) is 35.1 Å². The molecule has 0 bridgehead atoms. The fraction of sp³-hybridized carbons (Fsp3) is 0.0400. The number of carbonyl (C=O) groups is 1. The van der Waals surface area contributed by atoms with E-state index in [0.717, 1.165) is 5.56 Å². The second-order valence-electron chi connectivity index (χ2n) is 6.99. The molecule has 4 N–H and O–H groups in total. The van der Waals surface area contributed by atoms with Crippen molar-refractivity contribution in [1.29, 1.82) is 5.41 Å². The highest BCUT2D eigenvalue weighted by atomic mass is 16.5. The molecule has 0 unspecified atom stereocenters. The zero-order valence-electron chi connectivity index (χ0n) is 17.0. The molecular formula is C25H20N4O3. The van der Waals surface area contributed by atoms with E-state index in [2.05, 4.69) is 9.97 Å². The van der Waals surface area contributed by atoms with Crippen molar-refractivity contribution in [2.45, 2.75) is 6.61 Å². The first-order valence-corrected chi connectivity index (χ1v) is 9.83. The minimum atomic E-state index is -1.01. The van der Waals surface area contributed by atoms with Gasteiger partial charge in [-0.25, -0.2) is 9.78 Å². The predicted molar refractivity (Wildman–Crippen MR) is 123 cm³/mol. The number of hydrogen-bond acceptors (Lipinski definition) is 6. The van der Waals surface area contributed by atoms with Crippen molar-refractivity contribution in [2.24, 2.45) is 5.73 Å². The first-order valence-electron chi connectivity index (χ1n) is 9.83. The van der Waals surface area contributed by atoms with Crippen LogP contribution in [0.15, 0.2) is 85.3 Å². The fourth-order valence-corrected chi connectivity index (χ4v) is 3.37. The summed E-state index contributed by atoms with van der Waals surface area (Å²) >= 11 is 0. The molecule has 0 radical (unpaired) electrons. The lowest BCUT2D eigenvalue weighted by Gasteiger charge is -2.11. The largest absolute Gasteiger partial charge is 0.487 e. The van der Waals surface area contributed by atoms with Crippen LogP contribution in [0.4, 0.5) is 0 Å². The number of carboxylic acids is 1. The van der Waals surface area contributed by atoms with Gasteiger partial charge in [0.25, 0.3) is 0 Å². The van der Waals surface area contributed by atoms with Gasteiger partial charge >= 0.3 is 5.97 Å². The SMILES string of the molecule is N=C(/C(=C\N)c1ccncc1)c1ccc(OCc2cc(C(=O)O)c3ccccc3n2)cc1. The van der Waals surface area contributed by atoms with Gasteiger partial charge in [0.1, 0.15) is 12.4 Å². The third kappa shape index (κ3) is 4.32. The standard InChI is InChI=1S/C25H20N4O3/c26-14-22(16-9-11-28-12-10-16)24(27)17-5-7-19(8-6-17)32-15-18-13-21(25(30)31)20-3-1-2-4-23(20)29-18/h1-14,27H,15,26H2,(H,30,31)/b22-14-,27-24?. The number of rotatable bonds is 7. The maximum Gasteiger partial charge on any atom is 0.336 e. The Bertz CT molecular complexity index is 1320. The molecule has 32 heavy (non-hydrogen) atoms. The summed E-state index contributed by atoms with van der Waals surface area (Å²) in [4.78, 5) is 20.1. The Balaban J connectivity index is 1.50. The van der Waals surface area contributed by atoms with Crippen LogP contribution in [-0.4, -0.2) is 26.8 Å². The number of aromatic nitrogens is 2. The molecule has 2 aromatic heterocycles. The van der Waals surface area contributed by atoms with Crippen molar-refractivity contribution in [3.05, 3.63) is 108 Å². The third-order valence-electron chi connectivity index (χ3n) is 4.96. The van der Waals surface area contributed by atoms with E-state index >= 15 is 0 Å². The number of hydrogen-bond donors (Lipinski definition) is 3. The van der Waals surface area contributed by atoms with Crippen LogP contribution in [0.2, 0.25) is 0 Å². The Morgan fingerprint density at radius 1 is 1.03 bits per heavy atom. The van der Waals surface area contributed by atoms with Crippen molar-refractivity contribution in [3.8, 4) is 5.75 Å². The normalized spacial score (nSPS) is 11.3. The summed E-state index contributed by atoms with van der Waals surface area (Å²) in [6.07, 6.45) is 4.72. The number of para-hydroxylation sites is 1. The summed E-state index contributed by atoms with van der Waals surface area (Å²) in [6, 6.07) is 19.3. The molecule has 0 fully saturated rings. The highest BCUT2D eigenvalue weighted by Gasteiger charge is 2.13. The molecule has 7 nitrogen and oxygen atoms in total. The number of fused-ring (bicyclic) bond motifs is 1. The number of benzene rings is 2. The Morgan fingerprint density at radius 2 is 1.75 bits per heavy atom. The number of nitrogens with zero attached hydrogens (tertiary/aromatic N) is 2. The molecule has 0 atom stereocenters. The van der Waals surface area contributed by atoms with Crippen LogP contribution in [0.1, 0.15) is 27.2 Å². The van der Waals surface area contributed by atoms with Crippen LogP contribution < -0.4 is 10.5 Å². The minimum Gasteiger partial charge on any atom is -0.487 e. The van der Waals surface area contributed by atoms with Crippen LogP contribution in [0, 0.1) is 5.41 Å². The van der Waals surface area contributed by atoms with Crippen LogP contribution in [0.25, 0.3) is 16.5 Å². The van der Waals surface area contributed by atoms with E-state index in [0.29, 0.717) is 33.5 Å². The maximum atomic E-state index is 11.6. The number of nitrogens with one attached hydrogen (secondary N) is 1. The molecule has 2 heterocycles. The summed E-state index contributed by atoms with van der Waals surface area (Å²) in [7, 11) is 0. The molecule has 0 aliphatic carbocycles. The van der Waals surface area contributed by atoms with Crippen LogP contribution in [0.5, 0.6) is 5.75 Å². The van der Waals surface area contributed by atoms with Gasteiger partial charge in [0.15, 0.2) is 0 Å². The molecule has 0 spiro atoms. The number of nitrogens with two attached hydrogens (primary N) is 1. The molecule has 7 heteroatoms. The molecular weight excluding hydrogens is 404 g/mol. The van der Waals surface area contributed by atoms with E-state index < -0.39 is 5.97 Å². The molecule has 4 aromatic rings. The number of ether oxygens (including phenoxy) is 1. The molecule has 0 saturated heterocycles. The molecule has 0 amide bonds. The van der Waals surface area contributed by atoms with E-state index in [1.807, 2.05) is 6.07 Å². The average Bonchev–Trinajstić information content (AvgIpc) is 2.83. The molecule has 0 aliphatic rings. The van der Waals surface area contributed by atoms with E-state index in [-0.39, 0.29) is 17.9 Å². The zero-order valence-corrected chi connectivity index (χ0v) is 17.0. The third-order valence-corrected chi connectivity index (χ3v) is 4.96. The second kappa shape index (κ2) is 9.09. The van der Waals surface area contributed by atoms with E-state index in [4.69, 9.17) is 15.9 Å². The highest BCUT2D eigenvalue weighted by molar-refractivity contribution is 6.30. The van der Waals surface area contributed by atoms with Crippen molar-refractivity contribution in [1.82, 2.24) is 9.97 Å². The van der Waals surface area contributed by atoms with Gasteiger partial charge in [-0.1, -0.05) is 18.2 Å². The van der Waals surface area contributed by atoms with Crippen molar-refractivity contribution >= 4 is 28.2 Å². The zero-order chi connectivity index (χ0) is 22.5. The molecule has 0 aliphatic heterocycles. The van der Waals surface area contributed by atoms with E-state index in [1.54, 1.807) is 67.0 Å². The van der Waals surface area contributed by atoms with Crippen LogP contribution in [-0.2, 0) is 6.61 Å². The predicted octanol–water partition coefficient (Wildman–Crippen LogP) is 4.27. The number of aromatic carboxylic acids is 1. The summed E-state index contributed by atoms with van der Waals surface area (Å²) in [6.45, 7) is 0.118. The lowest BCUT2D eigenvalue weighted by Crippen LogP contribution is -2.06. The van der Waals surface area contributed by atoms with Crippen molar-refractivity contribution in [2.75, 3.05) is 0 Å². The summed E-state index contributed by atoms with van der Waals surface area (Å²) < 4.78 is 5.81. The van der Waals surface area contributed by atoms with Crippen molar-refractivity contribution in [3.63, 3.8) is 0 Å². The lowest BCUT2D eigenvalue weighted by molar-refractivity contribution is 0.0698. The summed E-state index contributed by atoms with van der Waals surface area (Å²) in [5.74, 6) is -0.429. The smallest absolute Gasteiger partial charge is 0.336 e. The molecule has 4 rings (SSSR count). The van der Waals surface area contributed by atoms with E-state index in [9.17, 15) is 9.90 Å². The van der Waals surface area contributed by atoms with Crippen LogP contribution in [0.3, 0.4) is 0 Å². The van der Waals surface area contributed by atoms with Gasteiger partial charge in [-0.3, -0.25) is 10.4 Å². The molecule has 0 saturated carbocycles. The topological polar surface area (TPSA) is 122 Å². The maximum absolute atomic E-state index is 11.6. The Morgan fingerprint density at radius 3 is 2.44 bits per heavy atom. The number of pyridine rings is 2. The minimum absolute atomic E-state index is 0.118. The Labute approximate surface area is 184 Å². The number of carboxylic acid groups (broad SMARTS) is 1. The van der Waals surface area contributed by atoms with Gasteiger partial charge in [-0.2, -0.15) is 0 Å². The highest BCUT2D eigenvalue weighted by Crippen LogP contribution is 2.22. The quantitative estimate of drug-likeness (QED) is 0.381. The van der Waals surface area contributed by atoms with Gasteiger partial charge in [0.2, 0.25) is 0 Å².